The van der Waals surface area contributed by atoms with Crippen molar-refractivity contribution in [1.82, 2.24) is 9.36 Å². The first-order valence-electron chi connectivity index (χ1n) is 4.67. The minimum absolute atomic E-state index is 0.576. The Hall–Kier alpha value is -1.46. The monoisotopic (exact) mass is 220 g/mol. The Morgan fingerprint density at radius 1 is 1.33 bits per heavy atom. The molecule has 0 aliphatic heterocycles. The second-order valence-corrected chi connectivity index (χ2v) is 3.90. The van der Waals surface area contributed by atoms with Crippen LogP contribution in [0.15, 0.2) is 30.6 Å². The fourth-order valence-corrected chi connectivity index (χ4v) is 1.72. The normalized spacial score (nSPS) is 10.2. The Labute approximate surface area is 92.3 Å². The Balaban J connectivity index is 1.98. The van der Waals surface area contributed by atoms with Crippen LogP contribution >= 0.6 is 11.5 Å². The Morgan fingerprint density at radius 2 is 2.20 bits per heavy atom. The van der Waals surface area contributed by atoms with Gasteiger partial charge in [-0.1, -0.05) is 24.3 Å². The first-order chi connectivity index (χ1) is 7.38. The lowest BCUT2D eigenvalue weighted by molar-refractivity contribution is 1.05. The second-order valence-electron chi connectivity index (χ2n) is 3.12. The first-order valence-corrected chi connectivity index (χ1v) is 5.44. The summed E-state index contributed by atoms with van der Waals surface area (Å²) in [5.41, 5.74) is 7.92. The Morgan fingerprint density at radius 3 is 2.93 bits per heavy atom. The molecule has 0 atom stereocenters. The zero-order valence-corrected chi connectivity index (χ0v) is 9.00. The van der Waals surface area contributed by atoms with Crippen LogP contribution in [0.4, 0.5) is 5.13 Å². The van der Waals surface area contributed by atoms with Gasteiger partial charge in [-0.25, -0.2) is 4.98 Å². The maximum atomic E-state index is 5.57. The van der Waals surface area contributed by atoms with E-state index in [4.69, 9.17) is 5.73 Å². The molecule has 1 heterocycles. The summed E-state index contributed by atoms with van der Waals surface area (Å²) in [7, 11) is 0. The lowest BCUT2D eigenvalue weighted by atomic mass is 10.1. The molecule has 1 aromatic heterocycles. The van der Waals surface area contributed by atoms with Crippen molar-refractivity contribution in [3.8, 4) is 0 Å². The molecule has 2 aromatic rings. The molecule has 0 aliphatic rings. The highest BCUT2D eigenvalue weighted by Crippen LogP contribution is 2.10. The Bertz CT molecular complexity index is 413. The molecule has 1 aromatic carbocycles. The molecule has 0 aliphatic carbocycles. The van der Waals surface area contributed by atoms with E-state index in [0.717, 1.165) is 17.2 Å². The largest absolute Gasteiger partial charge is 0.356 e. The van der Waals surface area contributed by atoms with Gasteiger partial charge in [0.2, 0.25) is 5.13 Å². The zero-order chi connectivity index (χ0) is 10.5. The summed E-state index contributed by atoms with van der Waals surface area (Å²) in [5.74, 6) is 0. The van der Waals surface area contributed by atoms with Gasteiger partial charge in [-0.2, -0.15) is 4.37 Å². The van der Waals surface area contributed by atoms with E-state index in [1.165, 1.54) is 17.1 Å². The van der Waals surface area contributed by atoms with Gasteiger partial charge in [0.05, 0.1) is 0 Å². The quantitative estimate of drug-likeness (QED) is 0.821. The van der Waals surface area contributed by atoms with E-state index in [1.807, 2.05) is 12.1 Å². The predicted molar refractivity (Wildman–Crippen MR) is 61.6 cm³/mol. The molecule has 0 bridgehead atoms. The van der Waals surface area contributed by atoms with Crippen molar-refractivity contribution in [2.75, 3.05) is 5.32 Å². The van der Waals surface area contributed by atoms with Crippen molar-refractivity contribution in [2.24, 2.45) is 5.73 Å². The topological polar surface area (TPSA) is 63.8 Å². The number of aromatic nitrogens is 2. The molecule has 78 valence electrons. The number of hydrogen-bond donors (Lipinski definition) is 2. The van der Waals surface area contributed by atoms with Crippen LogP contribution in [0.25, 0.3) is 0 Å². The van der Waals surface area contributed by atoms with Crippen LogP contribution in [0.1, 0.15) is 11.1 Å². The van der Waals surface area contributed by atoms with Crippen LogP contribution in [-0.4, -0.2) is 9.36 Å². The van der Waals surface area contributed by atoms with Gasteiger partial charge in [-0.15, -0.1) is 0 Å². The molecule has 0 spiro atoms. The summed E-state index contributed by atoms with van der Waals surface area (Å²) in [4.78, 5) is 4.05. The van der Waals surface area contributed by atoms with Crippen molar-refractivity contribution in [3.63, 3.8) is 0 Å². The van der Waals surface area contributed by atoms with Gasteiger partial charge in [0.25, 0.3) is 0 Å². The maximum Gasteiger partial charge on any atom is 0.202 e. The van der Waals surface area contributed by atoms with Gasteiger partial charge in [-0.3, -0.25) is 0 Å². The van der Waals surface area contributed by atoms with Crippen LogP contribution in [-0.2, 0) is 13.1 Å². The summed E-state index contributed by atoms with van der Waals surface area (Å²) in [5, 5.41) is 4.04. The van der Waals surface area contributed by atoms with Crippen molar-refractivity contribution in [2.45, 2.75) is 13.1 Å². The molecule has 4 nitrogen and oxygen atoms in total. The van der Waals surface area contributed by atoms with E-state index in [0.29, 0.717) is 6.54 Å². The zero-order valence-electron chi connectivity index (χ0n) is 8.18. The van der Waals surface area contributed by atoms with Gasteiger partial charge in [-0.05, 0) is 11.1 Å². The van der Waals surface area contributed by atoms with Gasteiger partial charge in [0, 0.05) is 24.6 Å². The molecule has 0 saturated heterocycles. The predicted octanol–water partition coefficient (Wildman–Crippen LogP) is 1.61. The average Bonchev–Trinajstić information content (AvgIpc) is 2.79. The third-order valence-electron chi connectivity index (χ3n) is 2.03. The van der Waals surface area contributed by atoms with E-state index < -0.39 is 0 Å². The van der Waals surface area contributed by atoms with Gasteiger partial charge in [0.15, 0.2) is 0 Å². The highest BCUT2D eigenvalue weighted by atomic mass is 32.1. The molecule has 0 saturated carbocycles. The summed E-state index contributed by atoms with van der Waals surface area (Å²) < 4.78 is 3.92. The van der Waals surface area contributed by atoms with Crippen molar-refractivity contribution in [3.05, 3.63) is 41.7 Å². The van der Waals surface area contributed by atoms with Crippen LogP contribution in [0, 0.1) is 0 Å². The van der Waals surface area contributed by atoms with Gasteiger partial charge >= 0.3 is 0 Å². The molecule has 3 N–H and O–H groups in total. The number of benzene rings is 1. The lowest BCUT2D eigenvalue weighted by Gasteiger charge is -2.04. The van der Waals surface area contributed by atoms with Crippen LogP contribution < -0.4 is 11.1 Å². The third-order valence-corrected chi connectivity index (χ3v) is 2.65. The minimum Gasteiger partial charge on any atom is -0.356 e. The molecule has 0 radical (unpaired) electrons. The molecule has 2 rings (SSSR count). The van der Waals surface area contributed by atoms with Crippen LogP contribution in [0.2, 0.25) is 0 Å². The molecule has 5 heteroatoms. The van der Waals surface area contributed by atoms with E-state index in [9.17, 15) is 0 Å². The van der Waals surface area contributed by atoms with Gasteiger partial charge in [0.1, 0.15) is 6.33 Å². The number of nitrogens with zero attached hydrogens (tertiary/aromatic N) is 2. The number of hydrogen-bond acceptors (Lipinski definition) is 5. The fourth-order valence-electron chi connectivity index (χ4n) is 1.30. The van der Waals surface area contributed by atoms with Crippen molar-refractivity contribution < 1.29 is 0 Å². The summed E-state index contributed by atoms with van der Waals surface area (Å²) in [6.45, 7) is 1.33. The lowest BCUT2D eigenvalue weighted by Crippen LogP contribution is -2.01. The number of nitrogens with one attached hydrogen (secondary N) is 1. The van der Waals surface area contributed by atoms with E-state index in [-0.39, 0.29) is 0 Å². The molecule has 0 amide bonds. The Kier molecular flexibility index (Phi) is 3.26. The summed E-state index contributed by atoms with van der Waals surface area (Å²) in [6, 6.07) is 8.19. The fraction of sp³-hybridized carbons (Fsp3) is 0.200. The molecule has 15 heavy (non-hydrogen) atoms. The summed E-state index contributed by atoms with van der Waals surface area (Å²) in [6.07, 6.45) is 1.54. The van der Waals surface area contributed by atoms with E-state index in [2.05, 4.69) is 26.8 Å². The van der Waals surface area contributed by atoms with Crippen LogP contribution in [0.3, 0.4) is 0 Å². The van der Waals surface area contributed by atoms with Gasteiger partial charge < -0.3 is 11.1 Å². The smallest absolute Gasteiger partial charge is 0.202 e. The maximum absolute atomic E-state index is 5.57. The molecular weight excluding hydrogens is 208 g/mol. The van der Waals surface area contributed by atoms with E-state index >= 15 is 0 Å². The standard InChI is InChI=1S/C10H12N4S/c11-5-8-2-1-3-9(4-8)6-12-10-13-7-14-15-10/h1-4,7H,5-6,11H2,(H,12,13,14). The average molecular weight is 220 g/mol. The second kappa shape index (κ2) is 4.86. The van der Waals surface area contributed by atoms with E-state index in [1.54, 1.807) is 6.33 Å². The minimum atomic E-state index is 0.576. The number of rotatable bonds is 4. The molecule has 0 unspecified atom stereocenters. The van der Waals surface area contributed by atoms with Crippen molar-refractivity contribution >= 4 is 16.7 Å². The van der Waals surface area contributed by atoms with Crippen molar-refractivity contribution in [1.29, 1.82) is 0 Å². The third kappa shape index (κ3) is 2.74. The van der Waals surface area contributed by atoms with Crippen LogP contribution in [0.5, 0.6) is 0 Å². The number of anilines is 1. The molecular formula is C10H12N4S. The first kappa shape index (κ1) is 10.1. The highest BCUT2D eigenvalue weighted by Gasteiger charge is 1.97. The SMILES string of the molecule is NCc1cccc(CNc2ncns2)c1. The highest BCUT2D eigenvalue weighted by molar-refractivity contribution is 7.09. The summed E-state index contributed by atoms with van der Waals surface area (Å²) >= 11 is 1.36. The molecule has 0 fully saturated rings. The number of nitrogens with two attached hydrogens (primary N) is 1.